The molecule has 15 rings (SSSR count). The molecule has 0 radical (unpaired) electrons. The van der Waals surface area contributed by atoms with Crippen LogP contribution in [-0.4, -0.2) is 14.1 Å². The summed E-state index contributed by atoms with van der Waals surface area (Å²) in [6, 6.07) is 65.9. The van der Waals surface area contributed by atoms with Crippen molar-refractivity contribution in [1.29, 1.82) is 5.26 Å². The maximum atomic E-state index is 12.1. The number of aromatic nitrogens is 3. The highest BCUT2D eigenvalue weighted by atomic mass is 32.1. The van der Waals surface area contributed by atoms with Crippen LogP contribution in [0.1, 0.15) is 5.56 Å². The highest BCUT2D eigenvalue weighted by Crippen LogP contribution is 2.54. The molecule has 0 unspecified atom stereocenters. The molecule has 0 saturated heterocycles. The topological polar surface area (TPSA) is 64.0 Å². The zero-order chi connectivity index (χ0) is 44.8. The first-order valence-electron chi connectivity index (χ1n) is 22.5. The zero-order valence-corrected chi connectivity index (χ0v) is 36.8. The minimum absolute atomic E-state index is 0.394. The second kappa shape index (κ2) is 13.6. The van der Waals surface area contributed by atoms with E-state index in [0.29, 0.717) is 28.2 Å². The fourth-order valence-corrected chi connectivity index (χ4v) is 12.7. The molecular formula is C61H31N5OS. The molecule has 0 spiro atoms. The number of benzene rings is 10. The van der Waals surface area contributed by atoms with Crippen LogP contribution in [0, 0.1) is 17.9 Å². The fraction of sp³-hybridized carbons (Fsp3) is 0. The van der Waals surface area contributed by atoms with Crippen molar-refractivity contribution in [3.8, 4) is 39.7 Å². The van der Waals surface area contributed by atoms with Gasteiger partial charge in [-0.05, 0) is 58.3 Å². The normalized spacial score (nSPS) is 12.1. The van der Waals surface area contributed by atoms with Crippen LogP contribution in [0.3, 0.4) is 0 Å². The molecule has 0 N–H and O–H groups in total. The number of nitrogens with zero attached hydrogens (tertiary/aromatic N) is 5. The molecule has 15 aromatic rings. The van der Waals surface area contributed by atoms with Gasteiger partial charge in [0.25, 0.3) is 0 Å². The molecule has 0 saturated carbocycles. The van der Waals surface area contributed by atoms with Crippen LogP contribution in [0.2, 0.25) is 0 Å². The van der Waals surface area contributed by atoms with Gasteiger partial charge in [-0.25, -0.2) is 4.85 Å². The van der Waals surface area contributed by atoms with E-state index in [1.807, 2.05) is 72.9 Å². The first-order valence-corrected chi connectivity index (χ1v) is 23.4. The van der Waals surface area contributed by atoms with Gasteiger partial charge in [-0.1, -0.05) is 146 Å². The van der Waals surface area contributed by atoms with Crippen molar-refractivity contribution < 1.29 is 4.42 Å². The van der Waals surface area contributed by atoms with Gasteiger partial charge in [-0.2, -0.15) is 5.26 Å². The Balaban J connectivity index is 1.25. The lowest BCUT2D eigenvalue weighted by molar-refractivity contribution is 0.669. The molecule has 312 valence electrons. The van der Waals surface area contributed by atoms with Gasteiger partial charge in [-0.3, -0.25) is 4.98 Å². The average Bonchev–Trinajstić information content (AvgIpc) is 4.15. The van der Waals surface area contributed by atoms with Gasteiger partial charge < -0.3 is 13.6 Å². The minimum atomic E-state index is 0.394. The van der Waals surface area contributed by atoms with Crippen molar-refractivity contribution in [3.63, 3.8) is 0 Å². The van der Waals surface area contributed by atoms with Crippen molar-refractivity contribution in [1.82, 2.24) is 14.1 Å². The summed E-state index contributed by atoms with van der Waals surface area (Å²) < 4.78 is 13.5. The molecular weight excluding hydrogens is 851 g/mol. The average molecular weight is 882 g/mol. The number of fused-ring (bicyclic) bond motifs is 13. The number of hydrogen-bond acceptors (Lipinski definition) is 4. The number of furan rings is 1. The predicted molar refractivity (Wildman–Crippen MR) is 281 cm³/mol. The molecule has 5 aromatic heterocycles. The monoisotopic (exact) mass is 881 g/mol. The van der Waals surface area contributed by atoms with E-state index in [1.165, 1.54) is 10.1 Å². The van der Waals surface area contributed by atoms with Gasteiger partial charge in [-0.15, -0.1) is 11.3 Å². The second-order valence-corrected chi connectivity index (χ2v) is 18.5. The van der Waals surface area contributed by atoms with E-state index in [0.717, 1.165) is 114 Å². The van der Waals surface area contributed by atoms with Gasteiger partial charge in [0.1, 0.15) is 17.2 Å². The summed E-state index contributed by atoms with van der Waals surface area (Å²) in [5, 5.41) is 23.9. The molecule has 0 aliphatic rings. The number of thiophene rings is 1. The van der Waals surface area contributed by atoms with Crippen molar-refractivity contribution in [2.75, 3.05) is 0 Å². The highest BCUT2D eigenvalue weighted by Gasteiger charge is 2.33. The summed E-state index contributed by atoms with van der Waals surface area (Å²) in [6.07, 6.45) is 1.89. The van der Waals surface area contributed by atoms with Crippen LogP contribution in [0.5, 0.6) is 0 Å². The summed E-state index contributed by atoms with van der Waals surface area (Å²) >= 11 is 1.77. The standard InChI is InChI=1S/C61H31N5OS/c1-63-57-52(34-15-4-2-5-16-34)45(33-62)58(53(35-17-6-3-7-18-35)60(57)65-46-24-14-23-39-36-19-8-9-22-40(36)56-55(54(39)46)47(65)29-30-64-56)66-48-31-44-37-20-10-12-25-49(37)67-50(44)32-43(48)41-27-28-42-38-21-11-13-26-51(38)68-61(42)59(41)66/h2-32H. The summed E-state index contributed by atoms with van der Waals surface area (Å²) in [7, 11) is 0. The van der Waals surface area contributed by atoms with E-state index in [1.54, 1.807) is 11.3 Å². The molecule has 7 heteroatoms. The second-order valence-electron chi connectivity index (χ2n) is 17.5. The van der Waals surface area contributed by atoms with Crippen LogP contribution in [0.25, 0.3) is 146 Å². The lowest BCUT2D eigenvalue weighted by Crippen LogP contribution is -2.08. The van der Waals surface area contributed by atoms with Gasteiger partial charge in [0.05, 0.1) is 55.8 Å². The number of para-hydroxylation sites is 1. The van der Waals surface area contributed by atoms with E-state index in [4.69, 9.17) is 9.40 Å². The van der Waals surface area contributed by atoms with Crippen molar-refractivity contribution in [2.45, 2.75) is 0 Å². The van der Waals surface area contributed by atoms with Gasteiger partial charge in [0.15, 0.2) is 0 Å². The van der Waals surface area contributed by atoms with Crippen LogP contribution in [-0.2, 0) is 0 Å². The van der Waals surface area contributed by atoms with Crippen LogP contribution >= 0.6 is 11.3 Å². The molecule has 0 amide bonds. The van der Waals surface area contributed by atoms with Crippen LogP contribution in [0.15, 0.2) is 193 Å². The van der Waals surface area contributed by atoms with Crippen LogP contribution in [0.4, 0.5) is 5.69 Å². The Bertz CT molecular complexity index is 4660. The largest absolute Gasteiger partial charge is 0.456 e. The highest BCUT2D eigenvalue weighted by molar-refractivity contribution is 7.26. The minimum Gasteiger partial charge on any atom is -0.456 e. The molecule has 5 heterocycles. The van der Waals surface area contributed by atoms with Gasteiger partial charge in [0.2, 0.25) is 5.69 Å². The third-order valence-electron chi connectivity index (χ3n) is 14.2. The molecule has 0 aliphatic heterocycles. The Morgan fingerprint density at radius 1 is 0.515 bits per heavy atom. The summed E-state index contributed by atoms with van der Waals surface area (Å²) in [5.74, 6) is 0. The lowest BCUT2D eigenvalue weighted by atomic mass is 9.88. The molecule has 10 aromatic carbocycles. The number of rotatable bonds is 4. The molecule has 0 fully saturated rings. The predicted octanol–water partition coefficient (Wildman–Crippen LogP) is 17.0. The Kier molecular flexibility index (Phi) is 7.42. The van der Waals surface area contributed by atoms with E-state index in [9.17, 15) is 11.8 Å². The Morgan fingerprint density at radius 2 is 1.19 bits per heavy atom. The van der Waals surface area contributed by atoms with E-state index in [-0.39, 0.29) is 0 Å². The summed E-state index contributed by atoms with van der Waals surface area (Å²) in [4.78, 5) is 9.62. The third-order valence-corrected chi connectivity index (χ3v) is 15.4. The molecule has 0 atom stereocenters. The van der Waals surface area contributed by atoms with Crippen molar-refractivity contribution >= 4 is 124 Å². The Morgan fingerprint density at radius 3 is 1.99 bits per heavy atom. The third kappa shape index (κ3) is 4.74. The molecule has 0 aliphatic carbocycles. The van der Waals surface area contributed by atoms with Crippen LogP contribution < -0.4 is 0 Å². The fourth-order valence-electron chi connectivity index (χ4n) is 11.5. The van der Waals surface area contributed by atoms with E-state index >= 15 is 0 Å². The van der Waals surface area contributed by atoms with Crippen molar-refractivity contribution in [3.05, 3.63) is 205 Å². The number of hydrogen-bond donors (Lipinski definition) is 0. The van der Waals surface area contributed by atoms with E-state index < -0.39 is 0 Å². The van der Waals surface area contributed by atoms with Gasteiger partial charge in [0, 0.05) is 70.5 Å². The summed E-state index contributed by atoms with van der Waals surface area (Å²) in [5.41, 5.74) is 11.6. The molecule has 68 heavy (non-hydrogen) atoms. The Labute approximate surface area is 391 Å². The number of nitriles is 1. The van der Waals surface area contributed by atoms with Crippen molar-refractivity contribution in [2.24, 2.45) is 0 Å². The number of pyridine rings is 1. The quantitative estimate of drug-likeness (QED) is 0.131. The zero-order valence-electron chi connectivity index (χ0n) is 36.0. The first-order chi connectivity index (χ1) is 33.7. The molecule has 6 nitrogen and oxygen atoms in total. The molecule has 0 bridgehead atoms. The smallest absolute Gasteiger partial charge is 0.220 e. The Hall–Kier alpha value is -9.27. The maximum Gasteiger partial charge on any atom is 0.220 e. The van der Waals surface area contributed by atoms with E-state index in [2.05, 4.69) is 135 Å². The maximum absolute atomic E-state index is 12.1. The summed E-state index contributed by atoms with van der Waals surface area (Å²) in [6.45, 7) is 9.33. The lowest BCUT2D eigenvalue weighted by Gasteiger charge is -2.25. The SMILES string of the molecule is [C-]#[N+]c1c(-c2ccccc2)c(C#N)c(-n2c3cc4c(cc3c3ccc5c6ccccc6sc5c32)oc2ccccc24)c(-c2ccccc2)c1-n1c2cccc3c4ccccc4c4nccc1c4c32. The first kappa shape index (κ1) is 37.0. The van der Waals surface area contributed by atoms with Gasteiger partial charge >= 0.3 is 0 Å².